The van der Waals surface area contributed by atoms with Gasteiger partial charge >= 0.3 is 0 Å². The minimum absolute atomic E-state index is 0.0213. The quantitative estimate of drug-likeness (QED) is 0.850. The van der Waals surface area contributed by atoms with Crippen molar-refractivity contribution < 1.29 is 9.84 Å². The van der Waals surface area contributed by atoms with E-state index in [4.69, 9.17) is 4.74 Å². The third-order valence-electron chi connectivity index (χ3n) is 4.00. The monoisotopic (exact) mass is 233 g/mol. The summed E-state index contributed by atoms with van der Waals surface area (Å²) in [5.41, 5.74) is 2.41. The van der Waals surface area contributed by atoms with Gasteiger partial charge in [-0.15, -0.1) is 0 Å². The second-order valence-corrected chi connectivity index (χ2v) is 5.09. The van der Waals surface area contributed by atoms with Gasteiger partial charge in [0.05, 0.1) is 12.2 Å². The van der Waals surface area contributed by atoms with E-state index in [9.17, 15) is 5.11 Å². The van der Waals surface area contributed by atoms with E-state index in [2.05, 4.69) is 11.1 Å². The van der Waals surface area contributed by atoms with Crippen LogP contribution in [0.4, 0.5) is 0 Å². The van der Waals surface area contributed by atoms with Gasteiger partial charge < -0.3 is 9.84 Å². The molecule has 1 aliphatic heterocycles. The van der Waals surface area contributed by atoms with E-state index in [-0.39, 0.29) is 18.1 Å². The lowest BCUT2D eigenvalue weighted by atomic mass is 9.81. The molecule has 92 valence electrons. The van der Waals surface area contributed by atoms with Crippen molar-refractivity contribution >= 4 is 0 Å². The molecule has 1 aromatic rings. The first-order chi connectivity index (χ1) is 8.36. The molecule has 1 saturated heterocycles. The topological polar surface area (TPSA) is 42.4 Å². The molecule has 3 nitrogen and oxygen atoms in total. The average molecular weight is 233 g/mol. The molecule has 0 amide bonds. The van der Waals surface area contributed by atoms with E-state index in [0.29, 0.717) is 0 Å². The summed E-state index contributed by atoms with van der Waals surface area (Å²) >= 11 is 0. The number of aryl methyl sites for hydroxylation is 1. The summed E-state index contributed by atoms with van der Waals surface area (Å²) in [6.07, 6.45) is 6.80. The highest BCUT2D eigenvalue weighted by Gasteiger charge is 2.34. The molecule has 3 unspecified atom stereocenters. The summed E-state index contributed by atoms with van der Waals surface area (Å²) < 4.78 is 5.61. The highest BCUT2D eigenvalue weighted by Crippen LogP contribution is 2.35. The van der Waals surface area contributed by atoms with Crippen molar-refractivity contribution in [3.8, 4) is 0 Å². The zero-order valence-corrected chi connectivity index (χ0v) is 10.0. The number of nitrogens with zero attached hydrogens (tertiary/aromatic N) is 1. The Labute approximate surface area is 102 Å². The van der Waals surface area contributed by atoms with Crippen molar-refractivity contribution in [2.45, 2.75) is 50.2 Å². The smallest absolute Gasteiger partial charge is 0.0885 e. The average Bonchev–Trinajstić information content (AvgIpc) is 2.91. The van der Waals surface area contributed by atoms with Gasteiger partial charge in [-0.1, -0.05) is 6.07 Å². The minimum Gasteiger partial charge on any atom is -0.390 e. The van der Waals surface area contributed by atoms with Crippen LogP contribution in [0.1, 0.15) is 42.9 Å². The first-order valence-electron chi connectivity index (χ1n) is 6.60. The van der Waals surface area contributed by atoms with Crippen LogP contribution >= 0.6 is 0 Å². The predicted octanol–water partition coefficient (Wildman–Crippen LogP) is 2.04. The van der Waals surface area contributed by atoms with Crippen molar-refractivity contribution in [2.24, 2.45) is 0 Å². The lowest BCUT2D eigenvalue weighted by molar-refractivity contribution is -0.0188. The van der Waals surface area contributed by atoms with Gasteiger partial charge in [0, 0.05) is 24.4 Å². The maximum absolute atomic E-state index is 10.5. The maximum atomic E-state index is 10.5. The Morgan fingerprint density at radius 1 is 1.35 bits per heavy atom. The molecule has 3 rings (SSSR count). The number of aliphatic hydroxyl groups is 1. The molecular weight excluding hydrogens is 214 g/mol. The molecule has 0 aromatic carbocycles. The van der Waals surface area contributed by atoms with Crippen LogP contribution < -0.4 is 0 Å². The molecule has 0 saturated carbocycles. The molecule has 1 aliphatic carbocycles. The normalized spacial score (nSPS) is 29.9. The van der Waals surface area contributed by atoms with E-state index in [1.807, 2.05) is 12.3 Å². The highest BCUT2D eigenvalue weighted by molar-refractivity contribution is 5.27. The summed E-state index contributed by atoms with van der Waals surface area (Å²) in [5.74, 6) is 0.169. The Kier molecular flexibility index (Phi) is 3.12. The first-order valence-corrected chi connectivity index (χ1v) is 6.60. The Hall–Kier alpha value is -0.930. The molecule has 2 aliphatic rings. The van der Waals surface area contributed by atoms with E-state index in [1.54, 1.807) is 0 Å². The Morgan fingerprint density at radius 3 is 3.12 bits per heavy atom. The molecule has 1 aromatic heterocycles. The maximum Gasteiger partial charge on any atom is 0.0885 e. The van der Waals surface area contributed by atoms with Crippen molar-refractivity contribution in [3.05, 3.63) is 29.6 Å². The van der Waals surface area contributed by atoms with Crippen LogP contribution in [0, 0.1) is 0 Å². The lowest BCUT2D eigenvalue weighted by Crippen LogP contribution is -2.34. The summed E-state index contributed by atoms with van der Waals surface area (Å²) in [7, 11) is 0. The van der Waals surface area contributed by atoms with Gasteiger partial charge in [0.2, 0.25) is 0 Å². The van der Waals surface area contributed by atoms with E-state index in [1.165, 1.54) is 5.56 Å². The summed E-state index contributed by atoms with van der Waals surface area (Å²) in [6, 6.07) is 4.12. The van der Waals surface area contributed by atoms with Crippen LogP contribution in [0.15, 0.2) is 18.3 Å². The first kappa shape index (κ1) is 11.2. The van der Waals surface area contributed by atoms with Gasteiger partial charge in [-0.25, -0.2) is 0 Å². The number of aliphatic hydroxyl groups excluding tert-OH is 1. The molecule has 3 heteroatoms. The SMILES string of the molecule is OC(C1CCCO1)C1CCCc2cccnc21. The zero-order valence-electron chi connectivity index (χ0n) is 10.0. The summed E-state index contributed by atoms with van der Waals surface area (Å²) in [4.78, 5) is 4.48. The van der Waals surface area contributed by atoms with E-state index >= 15 is 0 Å². The van der Waals surface area contributed by atoms with Crippen LogP contribution in [0.3, 0.4) is 0 Å². The summed E-state index contributed by atoms with van der Waals surface area (Å²) in [6.45, 7) is 0.795. The number of pyridine rings is 1. The van der Waals surface area contributed by atoms with Gasteiger partial charge in [-0.3, -0.25) is 4.98 Å². The van der Waals surface area contributed by atoms with Gasteiger partial charge in [0.25, 0.3) is 0 Å². The summed E-state index contributed by atoms with van der Waals surface area (Å²) in [5, 5.41) is 10.5. The molecule has 3 atom stereocenters. The van der Waals surface area contributed by atoms with Crippen LogP contribution in [-0.4, -0.2) is 28.9 Å². The second kappa shape index (κ2) is 4.75. The van der Waals surface area contributed by atoms with Gasteiger partial charge in [-0.2, -0.15) is 0 Å². The van der Waals surface area contributed by atoms with Crippen molar-refractivity contribution in [1.82, 2.24) is 4.98 Å². The minimum atomic E-state index is -0.383. The fraction of sp³-hybridized carbons (Fsp3) is 0.643. The fourth-order valence-electron chi connectivity index (χ4n) is 3.11. The van der Waals surface area contributed by atoms with Gasteiger partial charge in [-0.05, 0) is 43.7 Å². The second-order valence-electron chi connectivity index (χ2n) is 5.09. The molecule has 17 heavy (non-hydrogen) atoms. The van der Waals surface area contributed by atoms with Gasteiger partial charge in [0.15, 0.2) is 0 Å². The van der Waals surface area contributed by atoms with Crippen LogP contribution in [0.5, 0.6) is 0 Å². The fourth-order valence-corrected chi connectivity index (χ4v) is 3.11. The number of ether oxygens (including phenoxy) is 1. The molecule has 0 spiro atoms. The van der Waals surface area contributed by atoms with Crippen molar-refractivity contribution in [2.75, 3.05) is 6.61 Å². The van der Waals surface area contributed by atoms with E-state index in [0.717, 1.165) is 44.4 Å². The van der Waals surface area contributed by atoms with Crippen LogP contribution in [0.25, 0.3) is 0 Å². The van der Waals surface area contributed by atoms with Gasteiger partial charge in [0.1, 0.15) is 0 Å². The molecule has 0 radical (unpaired) electrons. The molecule has 0 bridgehead atoms. The lowest BCUT2D eigenvalue weighted by Gasteiger charge is -2.31. The Morgan fingerprint density at radius 2 is 2.29 bits per heavy atom. The standard InChI is InChI=1S/C14H19NO2/c16-14(12-7-3-9-17-12)11-6-1-4-10-5-2-8-15-13(10)11/h2,5,8,11-12,14,16H,1,3-4,6-7,9H2. The largest absolute Gasteiger partial charge is 0.390 e. The van der Waals surface area contributed by atoms with Crippen molar-refractivity contribution in [1.29, 1.82) is 0 Å². The number of hydrogen-bond donors (Lipinski definition) is 1. The zero-order chi connectivity index (χ0) is 11.7. The number of hydrogen-bond acceptors (Lipinski definition) is 3. The number of aromatic nitrogens is 1. The molecule has 2 heterocycles. The molecule has 1 N–H and O–H groups in total. The molecular formula is C14H19NO2. The third kappa shape index (κ3) is 2.09. The number of fused-ring (bicyclic) bond motifs is 1. The highest BCUT2D eigenvalue weighted by atomic mass is 16.5. The predicted molar refractivity (Wildman–Crippen MR) is 64.9 cm³/mol. The van der Waals surface area contributed by atoms with E-state index < -0.39 is 0 Å². The Balaban J connectivity index is 1.84. The van der Waals surface area contributed by atoms with Crippen LogP contribution in [0.2, 0.25) is 0 Å². The van der Waals surface area contributed by atoms with Crippen molar-refractivity contribution in [3.63, 3.8) is 0 Å². The van der Waals surface area contributed by atoms with Crippen LogP contribution in [-0.2, 0) is 11.2 Å². The number of rotatable bonds is 2. The Bertz CT molecular complexity index is 388. The third-order valence-corrected chi connectivity index (χ3v) is 4.00. The molecule has 1 fully saturated rings.